The van der Waals surface area contributed by atoms with Crippen LogP contribution in [-0.2, 0) is 9.53 Å². The van der Waals surface area contributed by atoms with Crippen LogP contribution in [0.1, 0.15) is 99.3 Å². The van der Waals surface area contributed by atoms with Gasteiger partial charge in [-0.1, -0.05) is 47.8 Å². The molecule has 2 heteroatoms. The summed E-state index contributed by atoms with van der Waals surface area (Å²) in [5, 5.41) is 0. The molecule has 0 amide bonds. The van der Waals surface area contributed by atoms with E-state index in [1.54, 1.807) is 0 Å². The molecular formula is C24H40O2. The molecule has 0 saturated heterocycles. The number of rotatable bonds is 10. The SMILES string of the molecule is CC(C)=CCCC(C)=CCCC(C)=CCC(C)(C)OC(=O)C1CCCC1. The van der Waals surface area contributed by atoms with Crippen molar-refractivity contribution in [3.05, 3.63) is 34.9 Å². The minimum Gasteiger partial charge on any atom is -0.459 e. The van der Waals surface area contributed by atoms with Crippen LogP contribution in [0.25, 0.3) is 0 Å². The normalized spacial score (nSPS) is 16.7. The molecule has 148 valence electrons. The highest BCUT2D eigenvalue weighted by Gasteiger charge is 2.29. The Balaban J connectivity index is 2.34. The molecule has 0 bridgehead atoms. The van der Waals surface area contributed by atoms with Gasteiger partial charge >= 0.3 is 5.97 Å². The van der Waals surface area contributed by atoms with Gasteiger partial charge in [-0.3, -0.25) is 4.79 Å². The Labute approximate surface area is 161 Å². The Morgan fingerprint density at radius 3 is 2.04 bits per heavy atom. The number of allylic oxidation sites excluding steroid dienone is 5. The summed E-state index contributed by atoms with van der Waals surface area (Å²) < 4.78 is 5.78. The molecule has 1 fully saturated rings. The molecule has 0 atom stereocenters. The summed E-state index contributed by atoms with van der Waals surface area (Å²) in [6, 6.07) is 0. The van der Waals surface area contributed by atoms with Crippen LogP contribution in [0.3, 0.4) is 0 Å². The quantitative estimate of drug-likeness (QED) is 0.301. The molecule has 0 aromatic carbocycles. The third kappa shape index (κ3) is 9.99. The van der Waals surface area contributed by atoms with Crippen molar-refractivity contribution in [2.75, 3.05) is 0 Å². The fourth-order valence-corrected chi connectivity index (χ4v) is 3.32. The second-order valence-corrected chi connectivity index (χ2v) is 8.83. The number of carbonyl (C=O) groups is 1. The lowest BCUT2D eigenvalue weighted by Crippen LogP contribution is -2.30. The van der Waals surface area contributed by atoms with Crippen molar-refractivity contribution < 1.29 is 9.53 Å². The Morgan fingerprint density at radius 1 is 0.923 bits per heavy atom. The van der Waals surface area contributed by atoms with Gasteiger partial charge in [-0.05, 0) is 80.1 Å². The molecule has 2 nitrogen and oxygen atoms in total. The molecule has 0 heterocycles. The number of carbonyl (C=O) groups excluding carboxylic acids is 1. The zero-order valence-electron chi connectivity index (χ0n) is 18.0. The molecule has 1 aliphatic carbocycles. The molecule has 0 radical (unpaired) electrons. The average Bonchev–Trinajstić information content (AvgIpc) is 3.07. The molecule has 0 aromatic heterocycles. The maximum atomic E-state index is 12.2. The minimum absolute atomic E-state index is 0.00785. The summed E-state index contributed by atoms with van der Waals surface area (Å²) in [7, 11) is 0. The Bertz CT molecular complexity index is 524. The summed E-state index contributed by atoms with van der Waals surface area (Å²) in [5.41, 5.74) is 3.84. The van der Waals surface area contributed by atoms with Crippen molar-refractivity contribution in [3.63, 3.8) is 0 Å². The van der Waals surface area contributed by atoms with E-state index in [1.165, 1.54) is 29.6 Å². The first kappa shape index (κ1) is 22.7. The minimum atomic E-state index is -0.406. The van der Waals surface area contributed by atoms with Gasteiger partial charge in [0.15, 0.2) is 0 Å². The number of esters is 1. The van der Waals surface area contributed by atoms with Crippen molar-refractivity contribution in [2.45, 2.75) is 105 Å². The maximum Gasteiger partial charge on any atom is 0.309 e. The van der Waals surface area contributed by atoms with Gasteiger partial charge in [-0.25, -0.2) is 0 Å². The van der Waals surface area contributed by atoms with Crippen LogP contribution in [0, 0.1) is 5.92 Å². The van der Waals surface area contributed by atoms with E-state index in [0.29, 0.717) is 0 Å². The second-order valence-electron chi connectivity index (χ2n) is 8.83. The highest BCUT2D eigenvalue weighted by molar-refractivity contribution is 5.73. The van der Waals surface area contributed by atoms with Crippen LogP contribution in [0.5, 0.6) is 0 Å². The number of hydrogen-bond donors (Lipinski definition) is 0. The summed E-state index contributed by atoms with van der Waals surface area (Å²) in [6.07, 6.45) is 16.5. The fourth-order valence-electron chi connectivity index (χ4n) is 3.32. The molecule has 0 spiro atoms. The standard InChI is InChI=1S/C24H40O2/c1-19(2)11-9-12-20(3)13-10-14-21(4)17-18-24(5,6)26-23(25)22-15-7-8-16-22/h11,13,17,22H,7-10,12,14-16,18H2,1-6H3. The van der Waals surface area contributed by atoms with E-state index in [-0.39, 0.29) is 11.9 Å². The number of hydrogen-bond acceptors (Lipinski definition) is 2. The van der Waals surface area contributed by atoms with E-state index in [9.17, 15) is 4.79 Å². The molecule has 0 N–H and O–H groups in total. The molecular weight excluding hydrogens is 320 g/mol. The number of ether oxygens (including phenoxy) is 1. The van der Waals surface area contributed by atoms with Crippen LogP contribution in [0.2, 0.25) is 0 Å². The lowest BCUT2D eigenvalue weighted by molar-refractivity contribution is -0.161. The first-order valence-electron chi connectivity index (χ1n) is 10.4. The van der Waals surface area contributed by atoms with E-state index < -0.39 is 5.60 Å². The van der Waals surface area contributed by atoms with Crippen molar-refractivity contribution >= 4 is 5.97 Å². The van der Waals surface area contributed by atoms with Crippen LogP contribution in [0.15, 0.2) is 34.9 Å². The van der Waals surface area contributed by atoms with Crippen LogP contribution in [-0.4, -0.2) is 11.6 Å². The molecule has 1 rings (SSSR count). The topological polar surface area (TPSA) is 26.3 Å². The van der Waals surface area contributed by atoms with Gasteiger partial charge in [-0.15, -0.1) is 0 Å². The zero-order valence-corrected chi connectivity index (χ0v) is 18.0. The van der Waals surface area contributed by atoms with Gasteiger partial charge in [-0.2, -0.15) is 0 Å². The molecule has 1 saturated carbocycles. The monoisotopic (exact) mass is 360 g/mol. The highest BCUT2D eigenvalue weighted by atomic mass is 16.6. The van der Waals surface area contributed by atoms with Crippen LogP contribution >= 0.6 is 0 Å². The predicted molar refractivity (Wildman–Crippen MR) is 112 cm³/mol. The van der Waals surface area contributed by atoms with E-state index in [2.05, 4.69) is 45.9 Å². The molecule has 0 aromatic rings. The van der Waals surface area contributed by atoms with E-state index in [1.807, 2.05) is 13.8 Å². The van der Waals surface area contributed by atoms with Gasteiger partial charge in [0.05, 0.1) is 5.92 Å². The van der Waals surface area contributed by atoms with E-state index >= 15 is 0 Å². The Hall–Kier alpha value is -1.31. The maximum absolute atomic E-state index is 12.2. The summed E-state index contributed by atoms with van der Waals surface area (Å²) >= 11 is 0. The van der Waals surface area contributed by atoms with Crippen molar-refractivity contribution in [1.82, 2.24) is 0 Å². The summed E-state index contributed by atoms with van der Waals surface area (Å²) in [4.78, 5) is 12.2. The summed E-state index contributed by atoms with van der Waals surface area (Å²) in [5.74, 6) is 0.146. The lowest BCUT2D eigenvalue weighted by atomic mass is 10.00. The van der Waals surface area contributed by atoms with Gasteiger partial charge in [0.1, 0.15) is 5.60 Å². The third-order valence-electron chi connectivity index (χ3n) is 5.13. The first-order chi connectivity index (χ1) is 12.2. The van der Waals surface area contributed by atoms with Crippen molar-refractivity contribution in [1.29, 1.82) is 0 Å². The molecule has 0 unspecified atom stereocenters. The van der Waals surface area contributed by atoms with Crippen LogP contribution in [0.4, 0.5) is 0 Å². The van der Waals surface area contributed by atoms with Crippen molar-refractivity contribution in [3.8, 4) is 0 Å². The Morgan fingerprint density at radius 2 is 1.46 bits per heavy atom. The molecule has 26 heavy (non-hydrogen) atoms. The van der Waals surface area contributed by atoms with Gasteiger partial charge in [0.2, 0.25) is 0 Å². The second kappa shape index (κ2) is 11.4. The predicted octanol–water partition coefficient (Wildman–Crippen LogP) is 7.31. The molecule has 0 aliphatic heterocycles. The largest absolute Gasteiger partial charge is 0.459 e. The first-order valence-corrected chi connectivity index (χ1v) is 10.4. The van der Waals surface area contributed by atoms with Gasteiger partial charge < -0.3 is 4.74 Å². The van der Waals surface area contributed by atoms with Crippen molar-refractivity contribution in [2.24, 2.45) is 5.92 Å². The van der Waals surface area contributed by atoms with E-state index in [0.717, 1.165) is 44.9 Å². The van der Waals surface area contributed by atoms with Crippen LogP contribution < -0.4 is 0 Å². The summed E-state index contributed by atoms with van der Waals surface area (Å²) in [6.45, 7) is 12.8. The fraction of sp³-hybridized carbons (Fsp3) is 0.708. The Kier molecular flexibility index (Phi) is 9.98. The smallest absolute Gasteiger partial charge is 0.309 e. The third-order valence-corrected chi connectivity index (χ3v) is 5.13. The van der Waals surface area contributed by atoms with Gasteiger partial charge in [0, 0.05) is 6.42 Å². The molecule has 1 aliphatic rings. The highest BCUT2D eigenvalue weighted by Crippen LogP contribution is 2.28. The van der Waals surface area contributed by atoms with Gasteiger partial charge in [0.25, 0.3) is 0 Å². The zero-order chi connectivity index (χ0) is 19.6. The lowest BCUT2D eigenvalue weighted by Gasteiger charge is -2.26. The van der Waals surface area contributed by atoms with E-state index in [4.69, 9.17) is 4.74 Å². The average molecular weight is 361 g/mol.